The standard InChI is InChI=1S/C22H32N4O2/c1-3-17(4-2)22(28)23-13-9-12-20-24-18-10-5-6-11-19(18)26(20)16-21(27)25-14-7-8-15-25/h5-6,10-11,17H,3-4,7-9,12-16H2,1-2H3,(H,23,28). The Morgan fingerprint density at radius 1 is 1.14 bits per heavy atom. The molecule has 0 bridgehead atoms. The van der Waals surface area contributed by atoms with E-state index in [0.29, 0.717) is 13.1 Å². The van der Waals surface area contributed by atoms with E-state index in [2.05, 4.69) is 9.88 Å². The van der Waals surface area contributed by atoms with Gasteiger partial charge in [0.25, 0.3) is 0 Å². The maximum Gasteiger partial charge on any atom is 0.242 e. The van der Waals surface area contributed by atoms with Gasteiger partial charge in [0.1, 0.15) is 12.4 Å². The van der Waals surface area contributed by atoms with Gasteiger partial charge in [-0.15, -0.1) is 0 Å². The molecule has 28 heavy (non-hydrogen) atoms. The van der Waals surface area contributed by atoms with Gasteiger partial charge < -0.3 is 14.8 Å². The van der Waals surface area contributed by atoms with Crippen LogP contribution in [-0.4, -0.2) is 45.9 Å². The Labute approximate surface area is 167 Å². The van der Waals surface area contributed by atoms with E-state index in [1.165, 1.54) is 0 Å². The van der Waals surface area contributed by atoms with E-state index in [1.807, 2.05) is 43.0 Å². The summed E-state index contributed by atoms with van der Waals surface area (Å²) in [7, 11) is 0. The third-order valence-electron chi connectivity index (χ3n) is 5.72. The SMILES string of the molecule is CCC(CC)C(=O)NCCCc1nc2ccccc2n1CC(=O)N1CCCC1. The van der Waals surface area contributed by atoms with Crippen molar-refractivity contribution >= 4 is 22.8 Å². The van der Waals surface area contributed by atoms with E-state index in [-0.39, 0.29) is 17.7 Å². The van der Waals surface area contributed by atoms with Gasteiger partial charge in [0, 0.05) is 32.0 Å². The van der Waals surface area contributed by atoms with Crippen molar-refractivity contribution in [3.8, 4) is 0 Å². The molecule has 6 heteroatoms. The number of imidazole rings is 1. The lowest BCUT2D eigenvalue weighted by atomic mass is 10.0. The number of hydrogen-bond acceptors (Lipinski definition) is 3. The molecule has 1 fully saturated rings. The predicted molar refractivity (Wildman–Crippen MR) is 111 cm³/mol. The van der Waals surface area contributed by atoms with E-state index < -0.39 is 0 Å². The number of likely N-dealkylation sites (tertiary alicyclic amines) is 1. The molecule has 3 rings (SSSR count). The maximum absolute atomic E-state index is 12.7. The highest BCUT2D eigenvalue weighted by atomic mass is 16.2. The highest BCUT2D eigenvalue weighted by Crippen LogP contribution is 2.18. The molecule has 6 nitrogen and oxygen atoms in total. The number of benzene rings is 1. The van der Waals surface area contributed by atoms with Crippen LogP contribution in [0, 0.1) is 5.92 Å². The number of rotatable bonds is 9. The number of aryl methyl sites for hydroxylation is 1. The molecular formula is C22H32N4O2. The van der Waals surface area contributed by atoms with Crippen LogP contribution in [-0.2, 0) is 22.6 Å². The van der Waals surface area contributed by atoms with Crippen LogP contribution >= 0.6 is 0 Å². The minimum atomic E-state index is 0.0997. The number of fused-ring (bicyclic) bond motifs is 1. The van der Waals surface area contributed by atoms with E-state index in [9.17, 15) is 9.59 Å². The number of para-hydroxylation sites is 2. The Balaban J connectivity index is 1.65. The number of carbonyl (C=O) groups is 2. The molecule has 0 radical (unpaired) electrons. The Hall–Kier alpha value is -2.37. The summed E-state index contributed by atoms with van der Waals surface area (Å²) < 4.78 is 2.05. The zero-order chi connectivity index (χ0) is 19.9. The molecule has 0 unspecified atom stereocenters. The fourth-order valence-electron chi connectivity index (χ4n) is 3.96. The minimum Gasteiger partial charge on any atom is -0.356 e. The number of carbonyl (C=O) groups excluding carboxylic acids is 2. The number of aromatic nitrogens is 2. The van der Waals surface area contributed by atoms with Crippen LogP contribution in [0.25, 0.3) is 11.0 Å². The summed E-state index contributed by atoms with van der Waals surface area (Å²) in [5.41, 5.74) is 1.93. The molecule has 0 spiro atoms. The summed E-state index contributed by atoms with van der Waals surface area (Å²) in [4.78, 5) is 31.5. The molecule has 2 amide bonds. The smallest absolute Gasteiger partial charge is 0.242 e. The van der Waals surface area contributed by atoms with Crippen molar-refractivity contribution in [1.29, 1.82) is 0 Å². The average molecular weight is 385 g/mol. The lowest BCUT2D eigenvalue weighted by Crippen LogP contribution is -2.32. The monoisotopic (exact) mass is 384 g/mol. The van der Waals surface area contributed by atoms with Crippen molar-refractivity contribution < 1.29 is 9.59 Å². The van der Waals surface area contributed by atoms with Gasteiger partial charge in [0.2, 0.25) is 11.8 Å². The molecule has 0 saturated carbocycles. The lowest BCUT2D eigenvalue weighted by molar-refractivity contribution is -0.130. The molecule has 1 aromatic heterocycles. The number of nitrogens with zero attached hydrogens (tertiary/aromatic N) is 3. The van der Waals surface area contributed by atoms with Crippen LogP contribution in [0.3, 0.4) is 0 Å². The first kappa shape index (κ1) is 20.4. The van der Waals surface area contributed by atoms with Crippen LogP contribution in [0.1, 0.15) is 51.8 Å². The second-order valence-electron chi connectivity index (χ2n) is 7.60. The first-order valence-electron chi connectivity index (χ1n) is 10.6. The summed E-state index contributed by atoms with van der Waals surface area (Å²) in [5, 5.41) is 3.04. The molecule has 1 N–H and O–H groups in total. The molecular weight excluding hydrogens is 352 g/mol. The molecule has 152 valence electrons. The van der Waals surface area contributed by atoms with E-state index >= 15 is 0 Å². The van der Waals surface area contributed by atoms with Gasteiger partial charge in [-0.25, -0.2) is 4.98 Å². The first-order valence-corrected chi connectivity index (χ1v) is 10.6. The molecule has 2 heterocycles. The van der Waals surface area contributed by atoms with Crippen LogP contribution in [0.4, 0.5) is 0 Å². The Morgan fingerprint density at radius 3 is 2.57 bits per heavy atom. The van der Waals surface area contributed by atoms with Gasteiger partial charge in [0.15, 0.2) is 0 Å². The Morgan fingerprint density at radius 2 is 1.86 bits per heavy atom. The molecule has 0 aliphatic carbocycles. The third-order valence-corrected chi connectivity index (χ3v) is 5.72. The average Bonchev–Trinajstić information content (AvgIpc) is 3.35. The molecule has 1 aliphatic rings. The van der Waals surface area contributed by atoms with Crippen molar-refractivity contribution in [2.75, 3.05) is 19.6 Å². The minimum absolute atomic E-state index is 0.0997. The summed E-state index contributed by atoms with van der Waals surface area (Å²) >= 11 is 0. The van der Waals surface area contributed by atoms with Crippen molar-refractivity contribution in [2.45, 2.75) is 58.9 Å². The van der Waals surface area contributed by atoms with Gasteiger partial charge in [-0.2, -0.15) is 0 Å². The highest BCUT2D eigenvalue weighted by molar-refractivity contribution is 5.81. The molecule has 2 aromatic rings. The Kier molecular flexibility index (Phi) is 7.06. The highest BCUT2D eigenvalue weighted by Gasteiger charge is 2.21. The van der Waals surface area contributed by atoms with E-state index in [4.69, 9.17) is 4.98 Å². The summed E-state index contributed by atoms with van der Waals surface area (Å²) in [6.45, 7) is 6.81. The topological polar surface area (TPSA) is 67.2 Å². The molecule has 1 aliphatic heterocycles. The molecule has 1 saturated heterocycles. The van der Waals surface area contributed by atoms with Gasteiger partial charge in [-0.1, -0.05) is 26.0 Å². The molecule has 1 aromatic carbocycles. The first-order chi connectivity index (χ1) is 13.6. The molecule has 0 atom stereocenters. The zero-order valence-corrected chi connectivity index (χ0v) is 17.1. The van der Waals surface area contributed by atoms with Gasteiger partial charge in [-0.3, -0.25) is 9.59 Å². The summed E-state index contributed by atoms with van der Waals surface area (Å²) in [6, 6.07) is 7.98. The van der Waals surface area contributed by atoms with Crippen LogP contribution in [0.15, 0.2) is 24.3 Å². The second-order valence-corrected chi connectivity index (χ2v) is 7.60. The number of amides is 2. The number of nitrogens with one attached hydrogen (secondary N) is 1. The van der Waals surface area contributed by atoms with Gasteiger partial charge >= 0.3 is 0 Å². The number of hydrogen-bond donors (Lipinski definition) is 1. The normalized spacial score (nSPS) is 14.2. The van der Waals surface area contributed by atoms with Crippen LogP contribution in [0.2, 0.25) is 0 Å². The maximum atomic E-state index is 12.7. The fraction of sp³-hybridized carbons (Fsp3) is 0.591. The van der Waals surface area contributed by atoms with E-state index in [0.717, 1.165) is 68.5 Å². The van der Waals surface area contributed by atoms with E-state index in [1.54, 1.807) is 0 Å². The van der Waals surface area contributed by atoms with Gasteiger partial charge in [0.05, 0.1) is 11.0 Å². The van der Waals surface area contributed by atoms with Crippen molar-refractivity contribution in [1.82, 2.24) is 19.8 Å². The summed E-state index contributed by atoms with van der Waals surface area (Å²) in [5.74, 6) is 1.33. The van der Waals surface area contributed by atoms with Crippen LogP contribution in [0.5, 0.6) is 0 Å². The van der Waals surface area contributed by atoms with Crippen molar-refractivity contribution in [3.05, 3.63) is 30.1 Å². The fourth-order valence-corrected chi connectivity index (χ4v) is 3.96. The van der Waals surface area contributed by atoms with Gasteiger partial charge in [-0.05, 0) is 44.2 Å². The largest absolute Gasteiger partial charge is 0.356 e. The summed E-state index contributed by atoms with van der Waals surface area (Å²) in [6.07, 6.45) is 5.49. The second kappa shape index (κ2) is 9.71. The predicted octanol–water partition coefficient (Wildman–Crippen LogP) is 3.14. The van der Waals surface area contributed by atoms with Crippen molar-refractivity contribution in [3.63, 3.8) is 0 Å². The van der Waals surface area contributed by atoms with Crippen LogP contribution < -0.4 is 5.32 Å². The lowest BCUT2D eigenvalue weighted by Gasteiger charge is -2.17. The zero-order valence-electron chi connectivity index (χ0n) is 17.1. The Bertz CT molecular complexity index is 804. The quantitative estimate of drug-likeness (QED) is 0.676. The van der Waals surface area contributed by atoms with Crippen molar-refractivity contribution in [2.24, 2.45) is 5.92 Å². The third kappa shape index (κ3) is 4.72.